The Hall–Kier alpha value is -1.96. The van der Waals surface area contributed by atoms with Gasteiger partial charge in [0, 0.05) is 0 Å². The minimum atomic E-state index is -4.44. The second-order valence-electron chi connectivity index (χ2n) is 2.39. The molecular weight excluding hydrogens is 224 g/mol. The molecule has 1 amide bonds. The Kier molecular flexibility index (Phi) is 3.00. The van der Waals surface area contributed by atoms with E-state index >= 15 is 0 Å². The lowest BCUT2D eigenvalue weighted by Crippen LogP contribution is -2.34. The molecule has 0 aromatic heterocycles. The van der Waals surface area contributed by atoms with Crippen molar-refractivity contribution in [2.75, 3.05) is 0 Å². The van der Waals surface area contributed by atoms with E-state index in [0.717, 1.165) is 18.5 Å². The van der Waals surface area contributed by atoms with E-state index in [2.05, 4.69) is 0 Å². The van der Waals surface area contributed by atoms with E-state index in [4.69, 9.17) is 0 Å². The Morgan fingerprint density at radius 3 is 2.20 bits per heavy atom. The third kappa shape index (κ3) is 2.10. The van der Waals surface area contributed by atoms with Gasteiger partial charge < -0.3 is 0 Å². The largest absolute Gasteiger partial charge is 0.397 e. The maximum atomic E-state index is 11.4. The van der Waals surface area contributed by atoms with Gasteiger partial charge in [-0.1, -0.05) is 18.2 Å². The van der Waals surface area contributed by atoms with Gasteiger partial charge in [-0.05, 0) is 12.1 Å². The number of sulfonamides is 1. The Labute approximate surface area is 85.1 Å². The van der Waals surface area contributed by atoms with Crippen LogP contribution in [-0.2, 0) is 14.8 Å². The van der Waals surface area contributed by atoms with Gasteiger partial charge >= 0.3 is 16.4 Å². The van der Waals surface area contributed by atoms with Crippen molar-refractivity contribution in [3.8, 4) is 0 Å². The van der Waals surface area contributed by atoms with Crippen molar-refractivity contribution in [2.45, 2.75) is 4.90 Å². The summed E-state index contributed by atoms with van der Waals surface area (Å²) in [5, 5.41) is 8.89. The Balaban J connectivity index is 3.24. The molecule has 0 aliphatic rings. The normalized spacial score (nSPS) is 10.7. The minimum absolute atomic E-state index is 0.343. The predicted molar refractivity (Wildman–Crippen MR) is 48.2 cm³/mol. The molecule has 15 heavy (non-hydrogen) atoms. The maximum absolute atomic E-state index is 11.4. The fraction of sp³-hybridized carbons (Fsp3) is 0. The number of amides is 1. The molecule has 79 valence electrons. The van der Waals surface area contributed by atoms with Crippen LogP contribution in [-0.4, -0.2) is 24.3 Å². The van der Waals surface area contributed by atoms with Gasteiger partial charge in [-0.2, -0.15) is 8.42 Å². The molecule has 0 saturated carbocycles. The lowest BCUT2D eigenvalue weighted by molar-refractivity contribution is -0.595. The Bertz CT molecular complexity index is 469. The highest BCUT2D eigenvalue weighted by molar-refractivity contribution is 7.89. The number of carbonyl (C=O) groups excluding carboxylic acids is 1. The molecule has 0 unspecified atom stereocenters. The summed E-state index contributed by atoms with van der Waals surface area (Å²) in [6.07, 6.45) is 0.737. The zero-order valence-electron chi connectivity index (χ0n) is 7.23. The first-order valence-corrected chi connectivity index (χ1v) is 5.06. The van der Waals surface area contributed by atoms with Crippen LogP contribution in [0.15, 0.2) is 35.2 Å². The molecule has 7 nitrogen and oxygen atoms in total. The molecule has 0 aliphatic carbocycles. The molecule has 1 radical (unpaired) electrons. The summed E-state index contributed by atoms with van der Waals surface area (Å²) in [5.41, 5.74) is 0. The van der Waals surface area contributed by atoms with Gasteiger partial charge in [0.05, 0.1) is 9.31 Å². The Morgan fingerprint density at radius 2 is 1.80 bits per heavy atom. The third-order valence-corrected chi connectivity index (χ3v) is 3.03. The number of hydrazine groups is 1. The molecule has 0 aliphatic heterocycles. The second-order valence-corrected chi connectivity index (χ2v) is 4.16. The van der Waals surface area contributed by atoms with E-state index in [0.29, 0.717) is 0 Å². The van der Waals surface area contributed by atoms with Crippen LogP contribution in [0.2, 0.25) is 0 Å². The Morgan fingerprint density at radius 1 is 1.27 bits per heavy atom. The summed E-state index contributed by atoms with van der Waals surface area (Å²) in [6, 6.07) is 6.60. The fourth-order valence-electron chi connectivity index (χ4n) is 0.862. The molecule has 0 spiro atoms. The van der Waals surface area contributed by atoms with Gasteiger partial charge in [-0.15, -0.1) is 0 Å². The molecule has 0 saturated heterocycles. The first-order valence-electron chi connectivity index (χ1n) is 3.62. The highest BCUT2D eigenvalue weighted by atomic mass is 32.2. The van der Waals surface area contributed by atoms with Crippen molar-refractivity contribution in [2.24, 2.45) is 0 Å². The van der Waals surface area contributed by atoms with Crippen molar-refractivity contribution in [1.29, 1.82) is 0 Å². The van der Waals surface area contributed by atoms with Crippen LogP contribution < -0.4 is 0 Å². The summed E-state index contributed by atoms with van der Waals surface area (Å²) in [5.74, 6) is 0. The molecule has 1 aromatic carbocycles. The van der Waals surface area contributed by atoms with Crippen LogP contribution in [0.5, 0.6) is 0 Å². The van der Waals surface area contributed by atoms with Gasteiger partial charge in [-0.25, -0.2) is 10.1 Å². The van der Waals surface area contributed by atoms with E-state index in [-0.39, 0.29) is 4.90 Å². The number of hydrogen-bond acceptors (Lipinski definition) is 5. The highest BCUT2D eigenvalue weighted by Gasteiger charge is 2.33. The molecule has 0 N–H and O–H groups in total. The molecule has 0 atom stereocenters. The molecule has 8 heteroatoms. The molecule has 0 bridgehead atoms. The molecular formula is C7H5N2O5S. The zero-order valence-corrected chi connectivity index (χ0v) is 8.05. The lowest BCUT2D eigenvalue weighted by atomic mass is 10.4. The van der Waals surface area contributed by atoms with Crippen molar-refractivity contribution >= 4 is 16.4 Å². The first-order chi connectivity index (χ1) is 7.00. The van der Waals surface area contributed by atoms with Crippen molar-refractivity contribution in [3.63, 3.8) is 0 Å². The molecule has 0 heterocycles. The monoisotopic (exact) mass is 229 g/mol. The number of nitro groups is 1. The second kappa shape index (κ2) is 4.05. The number of nitrogens with zero attached hydrogens (tertiary/aromatic N) is 2. The average molecular weight is 229 g/mol. The fourth-order valence-corrected chi connectivity index (χ4v) is 1.84. The SMILES string of the molecule is O=[C]N([N+](=O)[O-])S(=O)(=O)c1ccccc1. The summed E-state index contributed by atoms with van der Waals surface area (Å²) < 4.78 is 22.3. The molecule has 1 aromatic rings. The standard InChI is InChI=1S/C7H5N2O5S/c10-6-8(9(11)12)15(13,14)7-4-2-1-3-5-7/h1-5H. The van der Waals surface area contributed by atoms with Gasteiger partial charge in [0.25, 0.3) is 0 Å². The first kappa shape index (κ1) is 11.1. The summed E-state index contributed by atoms with van der Waals surface area (Å²) in [4.78, 5) is 20.0. The minimum Gasteiger partial charge on any atom is -0.255 e. The van der Waals surface area contributed by atoms with Gasteiger partial charge in [0.2, 0.25) is 0 Å². The van der Waals surface area contributed by atoms with Crippen molar-refractivity contribution in [1.82, 2.24) is 4.41 Å². The predicted octanol–water partition coefficient (Wildman–Crippen LogP) is -0.0638. The van der Waals surface area contributed by atoms with Crippen molar-refractivity contribution in [3.05, 3.63) is 40.4 Å². The summed E-state index contributed by atoms with van der Waals surface area (Å²) >= 11 is 0. The van der Waals surface area contributed by atoms with Crippen molar-refractivity contribution < 1.29 is 18.2 Å². The summed E-state index contributed by atoms with van der Waals surface area (Å²) in [7, 11) is -4.44. The average Bonchev–Trinajstić information content (AvgIpc) is 2.19. The number of rotatable bonds is 4. The number of hydrogen-bond donors (Lipinski definition) is 0. The van der Waals surface area contributed by atoms with Gasteiger partial charge in [0.1, 0.15) is 0 Å². The van der Waals surface area contributed by atoms with Crippen LogP contribution in [0.25, 0.3) is 0 Å². The lowest BCUT2D eigenvalue weighted by Gasteiger charge is -2.05. The maximum Gasteiger partial charge on any atom is 0.397 e. The summed E-state index contributed by atoms with van der Waals surface area (Å²) in [6.45, 7) is 0. The number of benzene rings is 1. The molecule has 1 rings (SSSR count). The van der Waals surface area contributed by atoms with E-state index in [1.54, 1.807) is 6.07 Å². The zero-order chi connectivity index (χ0) is 11.5. The van der Waals surface area contributed by atoms with E-state index < -0.39 is 19.5 Å². The van der Waals surface area contributed by atoms with Crippen LogP contribution in [0.1, 0.15) is 0 Å². The van der Waals surface area contributed by atoms with E-state index in [1.807, 2.05) is 0 Å². The smallest absolute Gasteiger partial charge is 0.255 e. The van der Waals surface area contributed by atoms with Crippen LogP contribution in [0.4, 0.5) is 0 Å². The topological polar surface area (TPSA) is 97.6 Å². The van der Waals surface area contributed by atoms with Crippen LogP contribution in [0.3, 0.4) is 0 Å². The van der Waals surface area contributed by atoms with Crippen LogP contribution >= 0.6 is 0 Å². The molecule has 0 fully saturated rings. The van der Waals surface area contributed by atoms with E-state index in [9.17, 15) is 23.3 Å². The highest BCUT2D eigenvalue weighted by Crippen LogP contribution is 2.13. The van der Waals surface area contributed by atoms with E-state index in [1.165, 1.54) is 12.1 Å². The quantitative estimate of drug-likeness (QED) is 0.409. The van der Waals surface area contributed by atoms with Gasteiger partial charge in [0.15, 0.2) is 5.03 Å². The third-order valence-electron chi connectivity index (χ3n) is 1.50. The van der Waals surface area contributed by atoms with Gasteiger partial charge in [-0.3, -0.25) is 4.79 Å². The van der Waals surface area contributed by atoms with Crippen LogP contribution in [0, 0.1) is 10.1 Å².